The summed E-state index contributed by atoms with van der Waals surface area (Å²) in [7, 11) is 0. The highest BCUT2D eigenvalue weighted by Gasteiger charge is 2.06. The summed E-state index contributed by atoms with van der Waals surface area (Å²) in [5.74, 6) is 0.882. The summed E-state index contributed by atoms with van der Waals surface area (Å²) in [5.41, 5.74) is 1.05. The minimum Gasteiger partial charge on any atom is -0.492 e. The van der Waals surface area contributed by atoms with Crippen LogP contribution in [-0.2, 0) is 6.54 Å². The van der Waals surface area contributed by atoms with Gasteiger partial charge in [-0.1, -0.05) is 11.6 Å². The van der Waals surface area contributed by atoms with E-state index in [4.69, 9.17) is 16.3 Å². The van der Waals surface area contributed by atoms with Gasteiger partial charge < -0.3 is 9.30 Å². The Kier molecular flexibility index (Phi) is 7.41. The number of nitrogens with zero attached hydrogens (tertiary/aromatic N) is 2. The smallest absolute Gasteiger partial charge is 0.136 e. The first kappa shape index (κ1) is 17.3. The number of aryl methyl sites for hydroxylation is 2. The van der Waals surface area contributed by atoms with Crippen LogP contribution in [0.2, 0.25) is 5.02 Å². The van der Waals surface area contributed by atoms with Gasteiger partial charge in [-0.2, -0.15) is 0 Å². The highest BCUT2D eigenvalue weighted by atomic mass is 79.9. The van der Waals surface area contributed by atoms with Crippen molar-refractivity contribution in [1.29, 1.82) is 0 Å². The van der Waals surface area contributed by atoms with E-state index >= 15 is 0 Å². The molecular weight excluding hydrogens is 363 g/mol. The van der Waals surface area contributed by atoms with E-state index in [1.165, 1.54) is 0 Å². The van der Waals surface area contributed by atoms with Gasteiger partial charge in [0.1, 0.15) is 5.75 Å². The zero-order valence-electron chi connectivity index (χ0n) is 11.2. The van der Waals surface area contributed by atoms with Crippen molar-refractivity contribution < 1.29 is 4.74 Å². The molecule has 2 rings (SSSR count). The molecule has 0 spiro atoms. The fraction of sp³-hybridized carbons (Fsp3) is 0.357. The third-order valence-corrected chi connectivity index (χ3v) is 3.62. The third-order valence-electron chi connectivity index (χ3n) is 2.81. The molecule has 110 valence electrons. The molecule has 0 bridgehead atoms. The molecule has 1 aromatic carbocycles. The fourth-order valence-electron chi connectivity index (χ4n) is 1.86. The van der Waals surface area contributed by atoms with Crippen molar-refractivity contribution in [2.75, 3.05) is 6.61 Å². The summed E-state index contributed by atoms with van der Waals surface area (Å²) < 4.78 is 8.79. The summed E-state index contributed by atoms with van der Waals surface area (Å²) in [6, 6.07) is 3.77. The zero-order valence-corrected chi connectivity index (χ0v) is 14.3. The molecule has 0 radical (unpaired) electrons. The molecule has 0 aliphatic rings. The van der Waals surface area contributed by atoms with Crippen molar-refractivity contribution in [1.82, 2.24) is 9.55 Å². The normalized spacial score (nSPS) is 10.2. The number of ether oxygens (including phenoxy) is 1. The van der Waals surface area contributed by atoms with Crippen molar-refractivity contribution in [3.8, 4) is 5.75 Å². The van der Waals surface area contributed by atoms with Crippen LogP contribution in [0.4, 0.5) is 0 Å². The van der Waals surface area contributed by atoms with Crippen molar-refractivity contribution in [3.63, 3.8) is 0 Å². The van der Waals surface area contributed by atoms with Crippen LogP contribution in [0.5, 0.6) is 5.75 Å². The number of aromatic nitrogens is 2. The van der Waals surface area contributed by atoms with E-state index in [1.54, 1.807) is 6.20 Å². The Labute approximate surface area is 138 Å². The Morgan fingerprint density at radius 3 is 2.80 bits per heavy atom. The summed E-state index contributed by atoms with van der Waals surface area (Å²) >= 11 is 9.45. The number of halogens is 3. The monoisotopic (exact) mass is 378 g/mol. The maximum atomic E-state index is 5.97. The molecule has 1 aromatic heterocycles. The Balaban J connectivity index is 0.00000200. The van der Waals surface area contributed by atoms with Gasteiger partial charge in [-0.05, 0) is 53.4 Å². The number of benzene rings is 1. The topological polar surface area (TPSA) is 27.1 Å². The molecule has 0 aliphatic heterocycles. The molecule has 0 saturated carbocycles. The molecule has 1 heterocycles. The molecule has 2 aromatic rings. The predicted molar refractivity (Wildman–Crippen MR) is 88.1 cm³/mol. The highest BCUT2D eigenvalue weighted by Crippen LogP contribution is 2.32. The minimum atomic E-state index is 0. The van der Waals surface area contributed by atoms with Crippen LogP contribution < -0.4 is 4.74 Å². The number of rotatable bonds is 6. The van der Waals surface area contributed by atoms with Crippen molar-refractivity contribution >= 4 is 39.9 Å². The average Bonchev–Trinajstić information content (AvgIpc) is 2.84. The molecule has 0 N–H and O–H groups in total. The van der Waals surface area contributed by atoms with Crippen LogP contribution in [0.15, 0.2) is 35.3 Å². The maximum absolute atomic E-state index is 5.97. The van der Waals surface area contributed by atoms with Crippen LogP contribution >= 0.6 is 39.9 Å². The summed E-state index contributed by atoms with van der Waals surface area (Å²) in [6.45, 7) is 3.68. The van der Waals surface area contributed by atoms with Crippen LogP contribution in [0.25, 0.3) is 0 Å². The largest absolute Gasteiger partial charge is 0.492 e. The van der Waals surface area contributed by atoms with E-state index in [0.717, 1.165) is 40.2 Å². The van der Waals surface area contributed by atoms with E-state index in [-0.39, 0.29) is 12.4 Å². The van der Waals surface area contributed by atoms with E-state index in [1.807, 2.05) is 31.6 Å². The van der Waals surface area contributed by atoms with Gasteiger partial charge in [-0.15, -0.1) is 12.4 Å². The van der Waals surface area contributed by atoms with Gasteiger partial charge in [0.2, 0.25) is 0 Å². The van der Waals surface area contributed by atoms with Crippen LogP contribution in [0, 0.1) is 6.92 Å². The molecule has 0 aliphatic carbocycles. The Bertz CT molecular complexity index is 509. The third kappa shape index (κ3) is 5.00. The standard InChI is InChI=1S/C14H16BrClN2O.ClH/c1-11-8-12(16)9-13(15)14(11)19-7-3-2-5-18-6-4-17-10-18;/h4,6,8-10H,2-3,5,7H2,1H3;1H. The lowest BCUT2D eigenvalue weighted by molar-refractivity contribution is 0.299. The second-order valence-electron chi connectivity index (χ2n) is 4.39. The molecule has 0 amide bonds. The number of unbranched alkanes of at least 4 members (excludes halogenated alkanes) is 1. The number of hydrogen-bond acceptors (Lipinski definition) is 2. The molecule has 0 atom stereocenters. The molecular formula is C14H17BrCl2N2O. The van der Waals surface area contributed by atoms with Crippen LogP contribution in [-0.4, -0.2) is 16.2 Å². The molecule has 0 fully saturated rings. The Hall–Kier alpha value is -0.710. The van der Waals surface area contributed by atoms with E-state index < -0.39 is 0 Å². The van der Waals surface area contributed by atoms with Gasteiger partial charge in [0, 0.05) is 24.0 Å². The second-order valence-corrected chi connectivity index (χ2v) is 5.68. The van der Waals surface area contributed by atoms with Gasteiger partial charge in [0.05, 0.1) is 17.4 Å². The maximum Gasteiger partial charge on any atom is 0.136 e. The van der Waals surface area contributed by atoms with Crippen molar-refractivity contribution in [2.45, 2.75) is 26.3 Å². The molecule has 0 unspecified atom stereocenters. The fourth-order valence-corrected chi connectivity index (χ4v) is 2.94. The SMILES string of the molecule is Cc1cc(Cl)cc(Br)c1OCCCCn1ccnc1.Cl. The van der Waals surface area contributed by atoms with E-state index in [9.17, 15) is 0 Å². The quantitative estimate of drug-likeness (QED) is 0.668. The van der Waals surface area contributed by atoms with Gasteiger partial charge in [-0.3, -0.25) is 0 Å². The minimum absolute atomic E-state index is 0. The lowest BCUT2D eigenvalue weighted by atomic mass is 10.2. The molecule has 20 heavy (non-hydrogen) atoms. The van der Waals surface area contributed by atoms with Gasteiger partial charge in [0.15, 0.2) is 0 Å². The second kappa shape index (κ2) is 8.55. The predicted octanol–water partition coefficient (Wildman–Crippen LogP) is 4.89. The number of imidazole rings is 1. The molecule has 3 nitrogen and oxygen atoms in total. The van der Waals surface area contributed by atoms with Crippen LogP contribution in [0.3, 0.4) is 0 Å². The van der Waals surface area contributed by atoms with Crippen molar-refractivity contribution in [3.05, 3.63) is 45.9 Å². The first-order valence-electron chi connectivity index (χ1n) is 6.21. The summed E-state index contributed by atoms with van der Waals surface area (Å²) in [6.07, 6.45) is 7.68. The summed E-state index contributed by atoms with van der Waals surface area (Å²) in [5, 5.41) is 0.719. The molecule has 6 heteroatoms. The van der Waals surface area contributed by atoms with E-state index in [2.05, 4.69) is 25.5 Å². The first-order valence-corrected chi connectivity index (χ1v) is 7.38. The lowest BCUT2D eigenvalue weighted by Crippen LogP contribution is -2.02. The van der Waals surface area contributed by atoms with Crippen molar-refractivity contribution in [2.24, 2.45) is 0 Å². The van der Waals surface area contributed by atoms with Gasteiger partial charge in [-0.25, -0.2) is 4.98 Å². The van der Waals surface area contributed by atoms with Gasteiger partial charge >= 0.3 is 0 Å². The molecule has 0 saturated heterocycles. The highest BCUT2D eigenvalue weighted by molar-refractivity contribution is 9.10. The Morgan fingerprint density at radius 2 is 2.15 bits per heavy atom. The van der Waals surface area contributed by atoms with Gasteiger partial charge in [0.25, 0.3) is 0 Å². The van der Waals surface area contributed by atoms with Crippen LogP contribution in [0.1, 0.15) is 18.4 Å². The zero-order chi connectivity index (χ0) is 13.7. The Morgan fingerprint density at radius 1 is 1.35 bits per heavy atom. The van der Waals surface area contributed by atoms with E-state index in [0.29, 0.717) is 6.61 Å². The number of hydrogen-bond donors (Lipinski definition) is 0. The average molecular weight is 380 g/mol. The lowest BCUT2D eigenvalue weighted by Gasteiger charge is -2.11. The summed E-state index contributed by atoms with van der Waals surface area (Å²) in [4.78, 5) is 4.01. The first-order chi connectivity index (χ1) is 9.16.